The summed E-state index contributed by atoms with van der Waals surface area (Å²) in [5, 5.41) is 3.37. The standard InChI is InChI=1S/C18H25N5OS/c1-10(19)13-6-4-5-12(7-13)9-23-18(24)22(3)17-14(21-23)8-15-16(17)20-11(2)25-15/h4-7,10,14-17,21H,8-9,19H2,1-3H3. The first kappa shape index (κ1) is 16.9. The van der Waals surface area contributed by atoms with E-state index in [2.05, 4.69) is 18.4 Å². The number of rotatable bonds is 3. The second-order valence-corrected chi connectivity index (χ2v) is 8.70. The summed E-state index contributed by atoms with van der Waals surface area (Å²) < 4.78 is 0. The lowest BCUT2D eigenvalue weighted by molar-refractivity contribution is 0.0561. The van der Waals surface area contributed by atoms with E-state index < -0.39 is 0 Å². The van der Waals surface area contributed by atoms with Crippen molar-refractivity contribution >= 4 is 22.8 Å². The molecule has 1 aromatic rings. The molecule has 2 heterocycles. The highest BCUT2D eigenvalue weighted by atomic mass is 32.2. The fourth-order valence-corrected chi connectivity index (χ4v) is 5.48. The average molecular weight is 359 g/mol. The zero-order valence-corrected chi connectivity index (χ0v) is 15.7. The highest BCUT2D eigenvalue weighted by Crippen LogP contribution is 2.42. The molecule has 2 amide bonds. The molecule has 1 aromatic carbocycles. The summed E-state index contributed by atoms with van der Waals surface area (Å²) in [5.41, 5.74) is 11.6. The zero-order chi connectivity index (χ0) is 17.7. The van der Waals surface area contributed by atoms with Crippen molar-refractivity contribution in [3.05, 3.63) is 35.4 Å². The van der Waals surface area contributed by atoms with Crippen molar-refractivity contribution in [1.82, 2.24) is 15.3 Å². The summed E-state index contributed by atoms with van der Waals surface area (Å²) in [7, 11) is 1.91. The first-order valence-electron chi connectivity index (χ1n) is 8.80. The highest BCUT2D eigenvalue weighted by molar-refractivity contribution is 8.14. The third kappa shape index (κ3) is 2.94. The molecule has 1 aliphatic carbocycles. The lowest BCUT2D eigenvalue weighted by Crippen LogP contribution is -2.66. The molecule has 1 saturated heterocycles. The Kier molecular flexibility index (Phi) is 4.25. The van der Waals surface area contributed by atoms with Crippen molar-refractivity contribution in [1.29, 1.82) is 0 Å². The van der Waals surface area contributed by atoms with E-state index in [0.717, 1.165) is 22.6 Å². The summed E-state index contributed by atoms with van der Waals surface area (Å²) in [6.07, 6.45) is 1.04. The van der Waals surface area contributed by atoms with Gasteiger partial charge in [0, 0.05) is 18.3 Å². The maximum absolute atomic E-state index is 12.9. The van der Waals surface area contributed by atoms with Gasteiger partial charge in [-0.05, 0) is 31.4 Å². The molecule has 5 atom stereocenters. The minimum Gasteiger partial charge on any atom is -0.324 e. The Morgan fingerprint density at radius 3 is 3.04 bits per heavy atom. The highest BCUT2D eigenvalue weighted by Gasteiger charge is 2.53. The molecule has 1 saturated carbocycles. The van der Waals surface area contributed by atoms with Crippen LogP contribution < -0.4 is 11.2 Å². The van der Waals surface area contributed by atoms with Gasteiger partial charge in [0.25, 0.3) is 0 Å². The van der Waals surface area contributed by atoms with Crippen LogP contribution in [0.4, 0.5) is 4.79 Å². The number of carbonyl (C=O) groups is 1. The van der Waals surface area contributed by atoms with E-state index in [1.807, 2.05) is 48.8 Å². The van der Waals surface area contributed by atoms with Crippen molar-refractivity contribution in [3.8, 4) is 0 Å². The second kappa shape index (κ2) is 6.30. The number of amides is 2. The monoisotopic (exact) mass is 359 g/mol. The van der Waals surface area contributed by atoms with Crippen LogP contribution in [0.3, 0.4) is 0 Å². The first-order valence-corrected chi connectivity index (χ1v) is 9.68. The molecule has 3 N–H and O–H groups in total. The SMILES string of the molecule is CC1=NC2C(CC3NN(Cc4cccc(C(C)N)c4)C(=O)N(C)C32)S1. The van der Waals surface area contributed by atoms with Gasteiger partial charge in [-0.25, -0.2) is 10.2 Å². The Morgan fingerprint density at radius 2 is 2.28 bits per heavy atom. The van der Waals surface area contributed by atoms with Crippen LogP contribution in [0.25, 0.3) is 0 Å². The summed E-state index contributed by atoms with van der Waals surface area (Å²) in [5.74, 6) is 0. The van der Waals surface area contributed by atoms with Gasteiger partial charge < -0.3 is 10.6 Å². The molecule has 0 radical (unpaired) electrons. The van der Waals surface area contributed by atoms with Crippen molar-refractivity contribution in [2.24, 2.45) is 10.7 Å². The molecule has 2 aliphatic heterocycles. The molecule has 25 heavy (non-hydrogen) atoms. The van der Waals surface area contributed by atoms with Crippen LogP contribution in [0.15, 0.2) is 29.3 Å². The third-order valence-electron chi connectivity index (χ3n) is 5.40. The fraction of sp³-hybridized carbons (Fsp3) is 0.556. The topological polar surface area (TPSA) is 74.0 Å². The lowest BCUT2D eigenvalue weighted by Gasteiger charge is -2.43. The number of benzene rings is 1. The smallest absolute Gasteiger partial charge is 0.324 e. The number of fused-ring (bicyclic) bond motifs is 3. The van der Waals surface area contributed by atoms with Crippen molar-refractivity contribution in [3.63, 3.8) is 0 Å². The van der Waals surface area contributed by atoms with Gasteiger partial charge in [0.05, 0.1) is 29.7 Å². The first-order chi connectivity index (χ1) is 11.9. The maximum Gasteiger partial charge on any atom is 0.334 e. The van der Waals surface area contributed by atoms with Gasteiger partial charge in [-0.3, -0.25) is 10.0 Å². The largest absolute Gasteiger partial charge is 0.334 e. The summed E-state index contributed by atoms with van der Waals surface area (Å²) in [6, 6.07) is 8.79. The van der Waals surface area contributed by atoms with Gasteiger partial charge in [0.1, 0.15) is 0 Å². The summed E-state index contributed by atoms with van der Waals surface area (Å²) >= 11 is 1.86. The minimum atomic E-state index is -0.00986. The van der Waals surface area contributed by atoms with Crippen molar-refractivity contribution < 1.29 is 4.79 Å². The van der Waals surface area contributed by atoms with Crippen LogP contribution in [-0.4, -0.2) is 51.4 Å². The normalized spacial score (nSPS) is 32.5. The Labute approximate surface area is 152 Å². The van der Waals surface area contributed by atoms with Gasteiger partial charge in [0.2, 0.25) is 0 Å². The Morgan fingerprint density at radius 1 is 1.48 bits per heavy atom. The van der Waals surface area contributed by atoms with E-state index in [4.69, 9.17) is 10.7 Å². The van der Waals surface area contributed by atoms with Crippen molar-refractivity contribution in [2.75, 3.05) is 7.05 Å². The van der Waals surface area contributed by atoms with Crippen LogP contribution in [0.2, 0.25) is 0 Å². The molecule has 134 valence electrons. The number of hydrogen-bond acceptors (Lipinski definition) is 5. The number of aliphatic imine (C=N–C) groups is 1. The number of hydrazine groups is 1. The van der Waals surface area contributed by atoms with Gasteiger partial charge in [0.15, 0.2) is 0 Å². The third-order valence-corrected chi connectivity index (χ3v) is 6.62. The number of nitrogens with two attached hydrogens (primary N) is 1. The van der Waals surface area contributed by atoms with E-state index in [1.165, 1.54) is 0 Å². The number of nitrogens with one attached hydrogen (secondary N) is 1. The molecule has 0 spiro atoms. The van der Waals surface area contributed by atoms with Crippen LogP contribution in [0.1, 0.15) is 37.4 Å². The van der Waals surface area contributed by atoms with E-state index in [0.29, 0.717) is 11.8 Å². The summed E-state index contributed by atoms with van der Waals surface area (Å²) in [6.45, 7) is 4.57. The Hall–Kier alpha value is -1.57. The van der Waals surface area contributed by atoms with E-state index in [-0.39, 0.29) is 30.2 Å². The maximum atomic E-state index is 12.9. The minimum absolute atomic E-state index is 0.00986. The Balaban J connectivity index is 1.52. The quantitative estimate of drug-likeness (QED) is 0.867. The number of hydrogen-bond donors (Lipinski definition) is 2. The molecule has 0 bridgehead atoms. The van der Waals surface area contributed by atoms with Gasteiger partial charge in [-0.1, -0.05) is 24.3 Å². The zero-order valence-electron chi connectivity index (χ0n) is 14.8. The van der Waals surface area contributed by atoms with Crippen molar-refractivity contribution in [2.45, 2.75) is 56.2 Å². The number of nitrogens with zero attached hydrogens (tertiary/aromatic N) is 3. The van der Waals surface area contributed by atoms with Crippen LogP contribution >= 0.6 is 11.8 Å². The van der Waals surface area contributed by atoms with E-state index >= 15 is 0 Å². The Bertz CT molecular complexity index is 721. The predicted octanol–water partition coefficient (Wildman–Crippen LogP) is 2.12. The molecule has 0 aromatic heterocycles. The van der Waals surface area contributed by atoms with Gasteiger partial charge in [-0.15, -0.1) is 11.8 Å². The molecule has 5 unspecified atom stereocenters. The average Bonchev–Trinajstić information content (AvgIpc) is 3.07. The van der Waals surface area contributed by atoms with Crippen LogP contribution in [-0.2, 0) is 6.54 Å². The number of likely N-dealkylation sites (N-methyl/N-ethyl adjacent to an activating group) is 1. The van der Waals surface area contributed by atoms with Gasteiger partial charge in [-0.2, -0.15) is 0 Å². The van der Waals surface area contributed by atoms with E-state index in [1.54, 1.807) is 5.01 Å². The fourth-order valence-electron chi connectivity index (χ4n) is 4.20. The van der Waals surface area contributed by atoms with E-state index in [9.17, 15) is 4.79 Å². The number of urea groups is 1. The molecular weight excluding hydrogens is 334 g/mol. The molecule has 6 nitrogen and oxygen atoms in total. The predicted molar refractivity (Wildman–Crippen MR) is 101 cm³/mol. The van der Waals surface area contributed by atoms with Crippen LogP contribution in [0.5, 0.6) is 0 Å². The van der Waals surface area contributed by atoms with Crippen LogP contribution in [0, 0.1) is 0 Å². The number of thioether (sulfide) groups is 1. The number of carbonyl (C=O) groups excluding carboxylic acids is 1. The molecule has 3 aliphatic rings. The lowest BCUT2D eigenvalue weighted by atomic mass is 10.1. The second-order valence-electron chi connectivity index (χ2n) is 7.27. The molecule has 4 rings (SSSR count). The molecular formula is C18H25N5OS. The van der Waals surface area contributed by atoms with Gasteiger partial charge >= 0.3 is 6.03 Å². The molecule has 7 heteroatoms. The molecule has 2 fully saturated rings. The summed E-state index contributed by atoms with van der Waals surface area (Å²) in [4.78, 5) is 19.5.